The summed E-state index contributed by atoms with van der Waals surface area (Å²) in [6.45, 7) is 2.21. The molecule has 180 valence electrons. The van der Waals surface area contributed by atoms with Crippen molar-refractivity contribution in [2.45, 2.75) is 63.2 Å². The molecule has 2 aromatic rings. The van der Waals surface area contributed by atoms with Crippen LogP contribution in [-0.2, 0) is 27.4 Å². The van der Waals surface area contributed by atoms with Crippen LogP contribution >= 0.6 is 0 Å². The van der Waals surface area contributed by atoms with Crippen LogP contribution in [0.2, 0.25) is 0 Å². The zero-order valence-electron chi connectivity index (χ0n) is 19.5. The quantitative estimate of drug-likeness (QED) is 0.646. The molecule has 7 nitrogen and oxygen atoms in total. The smallest absolute Gasteiger partial charge is 0.231 e. The summed E-state index contributed by atoms with van der Waals surface area (Å²) in [5, 5.41) is 3.18. The molecule has 0 bridgehead atoms. The van der Waals surface area contributed by atoms with Gasteiger partial charge in [0.05, 0.1) is 12.7 Å². The van der Waals surface area contributed by atoms with Gasteiger partial charge in [-0.15, -0.1) is 0 Å². The number of nitrogens with zero attached hydrogens (tertiary/aromatic N) is 1. The number of piperidine rings is 1. The van der Waals surface area contributed by atoms with Crippen LogP contribution in [-0.4, -0.2) is 48.2 Å². The van der Waals surface area contributed by atoms with Crippen molar-refractivity contribution in [3.63, 3.8) is 0 Å². The van der Waals surface area contributed by atoms with E-state index >= 15 is 0 Å². The van der Waals surface area contributed by atoms with Gasteiger partial charge in [0.15, 0.2) is 11.5 Å². The Bertz CT molecular complexity index is 1030. The number of likely N-dealkylation sites (tertiary alicyclic amines) is 1. The highest BCUT2D eigenvalue weighted by molar-refractivity contribution is 5.80. The van der Waals surface area contributed by atoms with Gasteiger partial charge in [0.1, 0.15) is 0 Å². The SMILES string of the molecule is O=C1CC[C@@](CCC(=O)N2CCC[C@@H](OCc3ccccc3)C2)(Cc2ccc3c(c2)OCO3)N1. The minimum Gasteiger partial charge on any atom is -0.454 e. The number of carbonyl (C=O) groups excluding carboxylic acids is 2. The van der Waals surface area contributed by atoms with E-state index in [-0.39, 0.29) is 24.7 Å². The third kappa shape index (κ3) is 5.36. The van der Waals surface area contributed by atoms with Crippen LogP contribution in [0.15, 0.2) is 48.5 Å². The van der Waals surface area contributed by atoms with E-state index in [1.165, 1.54) is 0 Å². The maximum absolute atomic E-state index is 13.1. The van der Waals surface area contributed by atoms with E-state index < -0.39 is 5.54 Å². The zero-order valence-corrected chi connectivity index (χ0v) is 19.5. The minimum atomic E-state index is -0.403. The third-order valence-electron chi connectivity index (χ3n) is 7.09. The Morgan fingerprint density at radius 1 is 1.12 bits per heavy atom. The van der Waals surface area contributed by atoms with Gasteiger partial charge >= 0.3 is 0 Å². The standard InChI is InChI=1S/C27H32N2O5/c30-25-10-12-27(28-25,16-21-8-9-23-24(15-21)34-19-33-23)13-11-26(31)29-14-4-7-22(17-29)32-18-20-5-2-1-3-6-20/h1-3,5-6,8-9,15,22H,4,7,10-14,16-19H2,(H,28,30)/t22-,27-/m1/s1. The van der Waals surface area contributed by atoms with Crippen molar-refractivity contribution in [1.82, 2.24) is 10.2 Å². The van der Waals surface area contributed by atoms with Crippen molar-refractivity contribution >= 4 is 11.8 Å². The van der Waals surface area contributed by atoms with E-state index in [4.69, 9.17) is 14.2 Å². The first-order valence-electron chi connectivity index (χ1n) is 12.2. The van der Waals surface area contributed by atoms with Gasteiger partial charge < -0.3 is 24.4 Å². The fourth-order valence-corrected chi connectivity index (χ4v) is 5.22. The Morgan fingerprint density at radius 3 is 2.79 bits per heavy atom. The number of hydrogen-bond acceptors (Lipinski definition) is 5. The number of amides is 2. The van der Waals surface area contributed by atoms with Crippen LogP contribution in [0.4, 0.5) is 0 Å². The maximum Gasteiger partial charge on any atom is 0.231 e. The fraction of sp³-hybridized carbons (Fsp3) is 0.481. The molecule has 0 aromatic heterocycles. The molecule has 1 N–H and O–H groups in total. The van der Waals surface area contributed by atoms with E-state index in [1.807, 2.05) is 41.3 Å². The molecule has 2 atom stereocenters. The molecule has 0 aliphatic carbocycles. The van der Waals surface area contributed by atoms with Gasteiger partial charge in [-0.25, -0.2) is 0 Å². The van der Waals surface area contributed by atoms with Crippen molar-refractivity contribution in [3.05, 3.63) is 59.7 Å². The van der Waals surface area contributed by atoms with Crippen LogP contribution in [0.3, 0.4) is 0 Å². The first kappa shape index (κ1) is 22.7. The first-order chi connectivity index (χ1) is 16.6. The second-order valence-electron chi connectivity index (χ2n) is 9.59. The van der Waals surface area contributed by atoms with Gasteiger partial charge in [-0.05, 0) is 55.4 Å². The van der Waals surface area contributed by atoms with E-state index in [2.05, 4.69) is 17.4 Å². The molecule has 3 aliphatic rings. The molecule has 3 heterocycles. The van der Waals surface area contributed by atoms with Crippen molar-refractivity contribution in [2.75, 3.05) is 19.9 Å². The number of fused-ring (bicyclic) bond motifs is 1. The highest BCUT2D eigenvalue weighted by Gasteiger charge is 2.39. The predicted molar refractivity (Wildman–Crippen MR) is 126 cm³/mol. The molecular weight excluding hydrogens is 432 g/mol. The molecule has 2 aromatic carbocycles. The molecule has 2 fully saturated rings. The molecular formula is C27H32N2O5. The van der Waals surface area contributed by atoms with Gasteiger partial charge in [0.2, 0.25) is 18.6 Å². The van der Waals surface area contributed by atoms with Crippen molar-refractivity contribution < 1.29 is 23.8 Å². The van der Waals surface area contributed by atoms with Crippen molar-refractivity contribution in [3.8, 4) is 11.5 Å². The van der Waals surface area contributed by atoms with Gasteiger partial charge in [-0.2, -0.15) is 0 Å². The summed E-state index contributed by atoms with van der Waals surface area (Å²) < 4.78 is 17.0. The Labute approximate surface area is 200 Å². The van der Waals surface area contributed by atoms with Crippen LogP contribution < -0.4 is 14.8 Å². The number of ether oxygens (including phenoxy) is 3. The molecule has 5 rings (SSSR count). The fourth-order valence-electron chi connectivity index (χ4n) is 5.22. The first-order valence-corrected chi connectivity index (χ1v) is 12.2. The van der Waals surface area contributed by atoms with Gasteiger partial charge in [0.25, 0.3) is 0 Å². The molecule has 0 radical (unpaired) electrons. The highest BCUT2D eigenvalue weighted by atomic mass is 16.7. The predicted octanol–water partition coefficient (Wildman–Crippen LogP) is 3.59. The monoisotopic (exact) mass is 464 g/mol. The molecule has 3 aliphatic heterocycles. The van der Waals surface area contributed by atoms with Gasteiger partial charge in [0, 0.05) is 31.5 Å². The lowest BCUT2D eigenvalue weighted by Gasteiger charge is -2.34. The van der Waals surface area contributed by atoms with Crippen molar-refractivity contribution in [2.24, 2.45) is 0 Å². The number of nitrogens with one attached hydrogen (secondary N) is 1. The molecule has 2 saturated heterocycles. The average Bonchev–Trinajstić information content (AvgIpc) is 3.48. The van der Waals surface area contributed by atoms with Crippen LogP contribution in [0.5, 0.6) is 11.5 Å². The number of rotatable bonds is 8. The Kier molecular flexibility index (Phi) is 6.72. The van der Waals surface area contributed by atoms with E-state index in [0.29, 0.717) is 38.8 Å². The van der Waals surface area contributed by atoms with Crippen LogP contribution in [0.25, 0.3) is 0 Å². The van der Waals surface area contributed by atoms with E-state index in [1.54, 1.807) is 0 Å². The number of carbonyl (C=O) groups is 2. The second-order valence-corrected chi connectivity index (χ2v) is 9.59. The molecule has 34 heavy (non-hydrogen) atoms. The Morgan fingerprint density at radius 2 is 1.97 bits per heavy atom. The summed E-state index contributed by atoms with van der Waals surface area (Å²) >= 11 is 0. The van der Waals surface area contributed by atoms with E-state index in [9.17, 15) is 9.59 Å². The molecule has 0 saturated carbocycles. The summed E-state index contributed by atoms with van der Waals surface area (Å²) in [6, 6.07) is 16.0. The lowest BCUT2D eigenvalue weighted by atomic mass is 9.84. The number of hydrogen-bond donors (Lipinski definition) is 1. The summed E-state index contributed by atoms with van der Waals surface area (Å²) in [5.41, 5.74) is 1.82. The van der Waals surface area contributed by atoms with Crippen LogP contribution in [0, 0.1) is 0 Å². The lowest BCUT2D eigenvalue weighted by Crippen LogP contribution is -2.46. The summed E-state index contributed by atoms with van der Waals surface area (Å²) in [4.78, 5) is 27.2. The summed E-state index contributed by atoms with van der Waals surface area (Å²) in [6.07, 6.45) is 4.92. The normalized spacial score (nSPS) is 23.7. The van der Waals surface area contributed by atoms with Crippen LogP contribution in [0.1, 0.15) is 49.7 Å². The minimum absolute atomic E-state index is 0.0561. The molecule has 7 heteroatoms. The summed E-state index contributed by atoms with van der Waals surface area (Å²) in [5.74, 6) is 1.68. The third-order valence-corrected chi connectivity index (χ3v) is 7.09. The molecule has 0 spiro atoms. The van der Waals surface area contributed by atoms with Crippen molar-refractivity contribution in [1.29, 1.82) is 0 Å². The Hall–Kier alpha value is -3.06. The zero-order chi connectivity index (χ0) is 23.4. The van der Waals surface area contributed by atoms with E-state index in [0.717, 1.165) is 48.4 Å². The lowest BCUT2D eigenvalue weighted by molar-refractivity contribution is -0.136. The molecule has 0 unspecified atom stereocenters. The topological polar surface area (TPSA) is 77.1 Å². The second kappa shape index (κ2) is 10.1. The number of benzene rings is 2. The summed E-state index contributed by atoms with van der Waals surface area (Å²) in [7, 11) is 0. The largest absolute Gasteiger partial charge is 0.454 e. The maximum atomic E-state index is 13.1. The highest BCUT2D eigenvalue weighted by Crippen LogP contribution is 2.36. The van der Waals surface area contributed by atoms with Gasteiger partial charge in [-0.1, -0.05) is 36.4 Å². The Balaban J connectivity index is 1.17. The average molecular weight is 465 g/mol. The van der Waals surface area contributed by atoms with Gasteiger partial charge in [-0.3, -0.25) is 9.59 Å². The molecule has 2 amide bonds.